The highest BCUT2D eigenvalue weighted by Crippen LogP contribution is 2.17. The Labute approximate surface area is 113 Å². The first-order valence-electron chi connectivity index (χ1n) is 5.74. The van der Waals surface area contributed by atoms with E-state index in [1.165, 1.54) is 17.0 Å². The summed E-state index contributed by atoms with van der Waals surface area (Å²) in [5, 5.41) is 5.00. The van der Waals surface area contributed by atoms with Crippen LogP contribution in [0, 0.1) is 0 Å². The summed E-state index contributed by atoms with van der Waals surface area (Å²) in [7, 11) is -0.480. The number of hydrogen-bond acceptors (Lipinski definition) is 4. The third-order valence-corrected chi connectivity index (χ3v) is 3.59. The molecular formula is C12H18N2O4S. The lowest BCUT2D eigenvalue weighted by molar-refractivity contribution is -0.118. The van der Waals surface area contributed by atoms with Crippen LogP contribution in [0.3, 0.4) is 0 Å². The van der Waals surface area contributed by atoms with Gasteiger partial charge in [-0.3, -0.25) is 4.79 Å². The number of nitrogens with zero attached hydrogens (tertiary/aromatic N) is 1. The number of rotatable bonds is 6. The molecule has 106 valence electrons. The molecule has 0 atom stereocenters. The molecule has 0 heterocycles. The molecule has 0 saturated carbocycles. The molecule has 1 aromatic rings. The van der Waals surface area contributed by atoms with Gasteiger partial charge in [-0.1, -0.05) is 0 Å². The first kappa shape index (κ1) is 15.6. The summed E-state index contributed by atoms with van der Waals surface area (Å²) in [6.45, 7) is 0.532. The minimum atomic E-state index is -3.70. The van der Waals surface area contributed by atoms with Crippen LogP contribution in [-0.2, 0) is 19.6 Å². The fourth-order valence-corrected chi connectivity index (χ4v) is 2.05. The average molecular weight is 286 g/mol. The molecule has 0 aromatic heterocycles. The van der Waals surface area contributed by atoms with Crippen molar-refractivity contribution in [2.45, 2.75) is 17.7 Å². The Kier molecular flexibility index (Phi) is 5.46. The summed E-state index contributed by atoms with van der Waals surface area (Å²) in [5.41, 5.74) is 0.620. The lowest BCUT2D eigenvalue weighted by Gasteiger charge is -2.17. The van der Waals surface area contributed by atoms with Crippen molar-refractivity contribution in [2.75, 3.05) is 25.7 Å². The number of nitrogens with two attached hydrogens (primary N) is 1. The minimum absolute atomic E-state index is 0.0245. The van der Waals surface area contributed by atoms with Gasteiger partial charge in [0, 0.05) is 32.9 Å². The Bertz CT molecular complexity index is 525. The molecule has 0 fully saturated rings. The standard InChI is InChI=1S/C12H18N2O4S/c1-14(12(15)4-3-9-18-2)10-5-7-11(8-6-10)19(13,16)17/h5-8H,3-4,9H2,1-2H3,(H2,13,16,17). The fraction of sp³-hybridized carbons (Fsp3) is 0.417. The number of sulfonamides is 1. The zero-order valence-electron chi connectivity index (χ0n) is 11.0. The van der Waals surface area contributed by atoms with Crippen LogP contribution in [0.5, 0.6) is 0 Å². The van der Waals surface area contributed by atoms with Crippen molar-refractivity contribution in [3.63, 3.8) is 0 Å². The molecule has 0 saturated heterocycles. The smallest absolute Gasteiger partial charge is 0.238 e. The SMILES string of the molecule is COCCCC(=O)N(C)c1ccc(S(N)(=O)=O)cc1. The Morgan fingerprint density at radius 1 is 1.32 bits per heavy atom. The van der Waals surface area contributed by atoms with E-state index in [4.69, 9.17) is 9.88 Å². The number of primary sulfonamides is 1. The largest absolute Gasteiger partial charge is 0.385 e. The predicted octanol–water partition coefficient (Wildman–Crippen LogP) is 0.723. The van der Waals surface area contributed by atoms with E-state index in [1.807, 2.05) is 0 Å². The van der Waals surface area contributed by atoms with Gasteiger partial charge in [0.15, 0.2) is 0 Å². The molecule has 1 rings (SSSR count). The van der Waals surface area contributed by atoms with Gasteiger partial charge in [-0.25, -0.2) is 13.6 Å². The molecule has 7 heteroatoms. The normalized spacial score (nSPS) is 11.3. The van der Waals surface area contributed by atoms with E-state index in [9.17, 15) is 13.2 Å². The zero-order valence-corrected chi connectivity index (χ0v) is 11.8. The summed E-state index contributed by atoms with van der Waals surface area (Å²) in [4.78, 5) is 13.3. The van der Waals surface area contributed by atoms with Crippen LogP contribution >= 0.6 is 0 Å². The van der Waals surface area contributed by atoms with Gasteiger partial charge in [-0.05, 0) is 30.7 Å². The van der Waals surface area contributed by atoms with Crippen molar-refractivity contribution in [1.29, 1.82) is 0 Å². The van der Waals surface area contributed by atoms with Gasteiger partial charge in [-0.2, -0.15) is 0 Å². The molecule has 0 aliphatic heterocycles. The Morgan fingerprint density at radius 3 is 2.37 bits per heavy atom. The summed E-state index contributed by atoms with van der Waals surface area (Å²) < 4.78 is 27.1. The summed E-state index contributed by atoms with van der Waals surface area (Å²) in [6.07, 6.45) is 1.02. The number of methoxy groups -OCH3 is 1. The number of carbonyl (C=O) groups excluding carboxylic acids is 1. The third-order valence-electron chi connectivity index (χ3n) is 2.67. The lowest BCUT2D eigenvalue weighted by Crippen LogP contribution is -2.26. The monoisotopic (exact) mass is 286 g/mol. The molecule has 0 aliphatic rings. The van der Waals surface area contributed by atoms with E-state index < -0.39 is 10.0 Å². The molecule has 1 aromatic carbocycles. The molecular weight excluding hydrogens is 268 g/mol. The van der Waals surface area contributed by atoms with E-state index in [2.05, 4.69) is 0 Å². The Morgan fingerprint density at radius 2 is 1.89 bits per heavy atom. The number of anilines is 1. The van der Waals surface area contributed by atoms with E-state index in [1.54, 1.807) is 26.3 Å². The number of carbonyl (C=O) groups is 1. The summed E-state index contributed by atoms with van der Waals surface area (Å²) >= 11 is 0. The molecule has 0 radical (unpaired) electrons. The van der Waals surface area contributed by atoms with Gasteiger partial charge >= 0.3 is 0 Å². The fourth-order valence-electron chi connectivity index (χ4n) is 1.54. The highest BCUT2D eigenvalue weighted by Gasteiger charge is 2.12. The van der Waals surface area contributed by atoms with Crippen LogP contribution in [0.2, 0.25) is 0 Å². The van der Waals surface area contributed by atoms with Crippen molar-refractivity contribution in [3.05, 3.63) is 24.3 Å². The number of ether oxygens (including phenoxy) is 1. The Hall–Kier alpha value is -1.44. The zero-order chi connectivity index (χ0) is 14.5. The molecule has 0 spiro atoms. The van der Waals surface area contributed by atoms with E-state index in [0.29, 0.717) is 25.1 Å². The van der Waals surface area contributed by atoms with Crippen LogP contribution < -0.4 is 10.0 Å². The maximum Gasteiger partial charge on any atom is 0.238 e. The van der Waals surface area contributed by atoms with Gasteiger partial charge in [0.05, 0.1) is 4.90 Å². The molecule has 2 N–H and O–H groups in total. The quantitative estimate of drug-likeness (QED) is 0.780. The third kappa shape index (κ3) is 4.62. The van der Waals surface area contributed by atoms with Crippen molar-refractivity contribution >= 4 is 21.6 Å². The molecule has 6 nitrogen and oxygen atoms in total. The highest BCUT2D eigenvalue weighted by atomic mass is 32.2. The van der Waals surface area contributed by atoms with Gasteiger partial charge in [0.2, 0.25) is 15.9 Å². The molecule has 0 aliphatic carbocycles. The van der Waals surface area contributed by atoms with Gasteiger partial charge < -0.3 is 9.64 Å². The average Bonchev–Trinajstić information content (AvgIpc) is 2.37. The molecule has 0 bridgehead atoms. The van der Waals surface area contributed by atoms with Crippen molar-refractivity contribution in [1.82, 2.24) is 0 Å². The highest BCUT2D eigenvalue weighted by molar-refractivity contribution is 7.89. The predicted molar refractivity (Wildman–Crippen MR) is 72.3 cm³/mol. The summed E-state index contributed by atoms with van der Waals surface area (Å²) in [6, 6.07) is 5.86. The van der Waals surface area contributed by atoms with Crippen LogP contribution in [0.1, 0.15) is 12.8 Å². The van der Waals surface area contributed by atoms with E-state index in [-0.39, 0.29) is 10.8 Å². The topological polar surface area (TPSA) is 89.7 Å². The maximum atomic E-state index is 11.8. The van der Waals surface area contributed by atoms with Gasteiger partial charge in [0.25, 0.3) is 0 Å². The van der Waals surface area contributed by atoms with Gasteiger partial charge in [-0.15, -0.1) is 0 Å². The number of benzene rings is 1. The van der Waals surface area contributed by atoms with E-state index >= 15 is 0 Å². The van der Waals surface area contributed by atoms with E-state index in [0.717, 1.165) is 0 Å². The second-order valence-corrected chi connectivity index (χ2v) is 5.65. The van der Waals surface area contributed by atoms with Crippen molar-refractivity contribution < 1.29 is 17.9 Å². The van der Waals surface area contributed by atoms with Crippen LogP contribution in [0.15, 0.2) is 29.2 Å². The first-order valence-corrected chi connectivity index (χ1v) is 7.29. The second-order valence-electron chi connectivity index (χ2n) is 4.09. The second kappa shape index (κ2) is 6.65. The minimum Gasteiger partial charge on any atom is -0.385 e. The number of amides is 1. The molecule has 0 unspecified atom stereocenters. The van der Waals surface area contributed by atoms with Crippen LogP contribution in [-0.4, -0.2) is 35.1 Å². The van der Waals surface area contributed by atoms with Crippen LogP contribution in [0.25, 0.3) is 0 Å². The van der Waals surface area contributed by atoms with Crippen molar-refractivity contribution in [2.24, 2.45) is 5.14 Å². The molecule has 19 heavy (non-hydrogen) atoms. The Balaban J connectivity index is 2.72. The summed E-state index contributed by atoms with van der Waals surface area (Å²) in [5.74, 6) is -0.0552. The first-order chi connectivity index (χ1) is 8.86. The maximum absolute atomic E-state index is 11.8. The molecule has 1 amide bonds. The van der Waals surface area contributed by atoms with Gasteiger partial charge in [0.1, 0.15) is 0 Å². The lowest BCUT2D eigenvalue weighted by atomic mass is 10.2. The number of hydrogen-bond donors (Lipinski definition) is 1. The van der Waals surface area contributed by atoms with Crippen LogP contribution in [0.4, 0.5) is 5.69 Å². The van der Waals surface area contributed by atoms with Crippen molar-refractivity contribution in [3.8, 4) is 0 Å².